The van der Waals surface area contributed by atoms with Gasteiger partial charge in [0, 0.05) is 6.20 Å². The number of hydrogen-bond donors (Lipinski definition) is 7. The lowest BCUT2D eigenvalue weighted by atomic mass is 10.1. The first kappa shape index (κ1) is 25.5. The van der Waals surface area contributed by atoms with Crippen LogP contribution < -0.4 is 5.56 Å². The number of nitrogens with zero attached hydrogens (tertiary/aromatic N) is 1. The molecular weight excluding hydrogens is 528 g/mol. The number of phosphoric acid groups is 3. The van der Waals surface area contributed by atoms with Crippen LogP contribution in [-0.2, 0) is 31.6 Å². The summed E-state index contributed by atoms with van der Waals surface area (Å²) in [5.41, 5.74) is -1.32. The molecule has 7 N–H and O–H groups in total. The smallest absolute Gasteiger partial charge is 0.385 e. The van der Waals surface area contributed by atoms with Crippen molar-refractivity contribution in [3.05, 3.63) is 26.9 Å². The number of phosphoric ester groups is 1. The van der Waals surface area contributed by atoms with Gasteiger partial charge in [0.25, 0.3) is 11.4 Å². The van der Waals surface area contributed by atoms with Gasteiger partial charge < -0.3 is 34.5 Å². The molecule has 0 aliphatic carbocycles. The van der Waals surface area contributed by atoms with Gasteiger partial charge in [0.1, 0.15) is 24.4 Å². The SMILES string of the molecule is [2H][C@@]1(n2cc(C#C)c(=O)[nH]c2=S)O[C@](F)(COP(=O)(O)OP(=O)(O)OP(=O)(O)O)[C@@H](O)[C@H]1O. The fraction of sp³-hybridized carbons (Fsp3) is 0.455. The molecule has 0 radical (unpaired) electrons. The summed E-state index contributed by atoms with van der Waals surface area (Å²) in [4.78, 5) is 49.1. The molecule has 32 heavy (non-hydrogen) atoms. The van der Waals surface area contributed by atoms with E-state index in [4.69, 9.17) is 34.7 Å². The molecule has 2 unspecified atom stereocenters. The van der Waals surface area contributed by atoms with Gasteiger partial charge in [-0.3, -0.25) is 18.9 Å². The molecule has 1 saturated heterocycles. The van der Waals surface area contributed by atoms with Crippen molar-refractivity contribution in [2.45, 2.75) is 24.3 Å². The molecule has 2 heterocycles. The van der Waals surface area contributed by atoms with E-state index >= 15 is 4.39 Å². The number of nitrogens with one attached hydrogen (secondary N) is 1. The Kier molecular flexibility index (Phi) is 7.38. The van der Waals surface area contributed by atoms with Crippen molar-refractivity contribution in [3.8, 4) is 12.3 Å². The normalized spacial score (nSPS) is 32.5. The zero-order valence-corrected chi connectivity index (χ0v) is 18.5. The summed E-state index contributed by atoms with van der Waals surface area (Å²) in [6.45, 7) is -1.85. The van der Waals surface area contributed by atoms with E-state index in [1.54, 1.807) is 0 Å². The van der Waals surface area contributed by atoms with Gasteiger partial charge in [0.2, 0.25) is 0 Å². The molecular formula is C11H14FN2O14P3S. The molecule has 0 bridgehead atoms. The quantitative estimate of drug-likeness (QED) is 0.120. The molecule has 1 aliphatic rings. The molecule has 6 atom stereocenters. The number of aliphatic hydroxyl groups excluding tert-OH is 2. The summed E-state index contributed by atoms with van der Waals surface area (Å²) in [6, 6.07) is 0. The van der Waals surface area contributed by atoms with E-state index < -0.39 is 70.2 Å². The number of aromatic amines is 1. The minimum atomic E-state index is -5.92. The molecule has 180 valence electrons. The number of aliphatic hydroxyl groups is 2. The van der Waals surface area contributed by atoms with Gasteiger partial charge in [-0.1, -0.05) is 5.92 Å². The second-order valence-electron chi connectivity index (χ2n) is 5.80. The molecule has 21 heteroatoms. The Morgan fingerprint density at radius 1 is 1.31 bits per heavy atom. The van der Waals surface area contributed by atoms with Crippen molar-refractivity contribution in [1.29, 1.82) is 0 Å². The second kappa shape index (κ2) is 9.26. The van der Waals surface area contributed by atoms with E-state index in [1.165, 1.54) is 0 Å². The number of halogens is 1. The average molecular weight is 543 g/mol. The predicted molar refractivity (Wildman–Crippen MR) is 99.6 cm³/mol. The average Bonchev–Trinajstić information content (AvgIpc) is 2.79. The number of ether oxygens (including phenoxy) is 1. The third-order valence-corrected chi connectivity index (χ3v) is 7.52. The summed E-state index contributed by atoms with van der Waals surface area (Å²) < 4.78 is 72.4. The summed E-state index contributed by atoms with van der Waals surface area (Å²) in [5.74, 6) is -1.77. The van der Waals surface area contributed by atoms with Gasteiger partial charge in [-0.2, -0.15) is 8.62 Å². The summed E-state index contributed by atoms with van der Waals surface area (Å²) in [5, 5.41) is 20.2. The minimum Gasteiger partial charge on any atom is -0.385 e. The van der Waals surface area contributed by atoms with E-state index in [1.807, 2.05) is 10.9 Å². The summed E-state index contributed by atoms with van der Waals surface area (Å²) in [6.07, 6.45) is -2.38. The Morgan fingerprint density at radius 2 is 1.91 bits per heavy atom. The first-order valence-electron chi connectivity index (χ1n) is 8.12. The maximum atomic E-state index is 15.2. The van der Waals surface area contributed by atoms with Crippen molar-refractivity contribution >= 4 is 35.7 Å². The highest BCUT2D eigenvalue weighted by Crippen LogP contribution is 2.66. The second-order valence-corrected chi connectivity index (χ2v) is 10.6. The fourth-order valence-corrected chi connectivity index (χ4v) is 5.45. The lowest BCUT2D eigenvalue weighted by Crippen LogP contribution is -2.42. The van der Waals surface area contributed by atoms with Crippen molar-refractivity contribution in [3.63, 3.8) is 0 Å². The standard InChI is InChI=1S/C11H14FN2O14P3S/c1-2-5-3-14(10(32)13-8(5)17)9-6(15)7(16)11(12,26-9)4-25-30(21,22)28-31(23,24)27-29(18,19)20/h1,3,6-7,9,15-16H,4H2,(H,21,22)(H,23,24)(H,13,17,32)(H2,18,19,20)/t6-,7+,9-,11-/m1/s1/i9D. The van der Waals surface area contributed by atoms with Gasteiger partial charge in [-0.15, -0.1) is 6.42 Å². The lowest BCUT2D eigenvalue weighted by molar-refractivity contribution is -0.204. The monoisotopic (exact) mass is 543 g/mol. The van der Waals surface area contributed by atoms with E-state index in [9.17, 15) is 33.6 Å². The van der Waals surface area contributed by atoms with Crippen LogP contribution in [-0.4, -0.2) is 64.0 Å². The first-order valence-corrected chi connectivity index (χ1v) is 12.5. The zero-order chi connectivity index (χ0) is 25.6. The van der Waals surface area contributed by atoms with Gasteiger partial charge >= 0.3 is 23.5 Å². The van der Waals surface area contributed by atoms with E-state index in [2.05, 4.69) is 17.9 Å². The van der Waals surface area contributed by atoms with Crippen LogP contribution >= 0.6 is 35.7 Å². The van der Waals surface area contributed by atoms with Crippen molar-refractivity contribution in [2.75, 3.05) is 6.61 Å². The molecule has 1 aromatic heterocycles. The van der Waals surface area contributed by atoms with Crippen molar-refractivity contribution in [1.82, 2.24) is 9.55 Å². The first-order chi connectivity index (χ1) is 14.8. The van der Waals surface area contributed by atoms with Gasteiger partial charge in [-0.25, -0.2) is 18.1 Å². The summed E-state index contributed by atoms with van der Waals surface area (Å²) >= 11 is 4.80. The molecule has 0 aromatic carbocycles. The maximum absolute atomic E-state index is 15.2. The Hall–Kier alpha value is -1.12. The Bertz CT molecular complexity index is 1240. The Morgan fingerprint density at radius 3 is 2.44 bits per heavy atom. The number of hydrogen-bond acceptors (Lipinski definition) is 11. The van der Waals surface area contributed by atoms with E-state index in [0.717, 1.165) is 6.20 Å². The van der Waals surface area contributed by atoms with Crippen LogP contribution in [0.2, 0.25) is 0 Å². The van der Waals surface area contributed by atoms with Crippen LogP contribution in [0.15, 0.2) is 11.0 Å². The topological polar surface area (TPSA) is 247 Å². The van der Waals surface area contributed by atoms with Crippen molar-refractivity contribution in [2.24, 2.45) is 0 Å². The molecule has 0 spiro atoms. The fourth-order valence-electron chi connectivity index (χ4n) is 2.18. The van der Waals surface area contributed by atoms with Crippen LogP contribution in [0.25, 0.3) is 0 Å². The third-order valence-electron chi connectivity index (χ3n) is 3.44. The predicted octanol–water partition coefficient (Wildman–Crippen LogP) is -0.853. The van der Waals surface area contributed by atoms with Crippen molar-refractivity contribution < 1.29 is 67.1 Å². The number of rotatable bonds is 8. The molecule has 0 saturated carbocycles. The molecule has 2 rings (SSSR count). The highest BCUT2D eigenvalue weighted by molar-refractivity contribution is 7.71. The highest BCUT2D eigenvalue weighted by Gasteiger charge is 2.57. The molecule has 1 aromatic rings. The lowest BCUT2D eigenvalue weighted by Gasteiger charge is -2.24. The van der Waals surface area contributed by atoms with E-state index in [0.29, 0.717) is 4.57 Å². The summed E-state index contributed by atoms with van der Waals surface area (Å²) in [7, 11) is -17.4. The van der Waals surface area contributed by atoms with Crippen LogP contribution in [0.1, 0.15) is 13.1 Å². The van der Waals surface area contributed by atoms with Gasteiger partial charge in [0.05, 0.1) is 1.37 Å². The van der Waals surface area contributed by atoms with Crippen LogP contribution in [0.5, 0.6) is 0 Å². The Labute approximate surface area is 183 Å². The highest BCUT2D eigenvalue weighted by atomic mass is 32.1. The van der Waals surface area contributed by atoms with Gasteiger partial charge in [-0.05, 0) is 12.2 Å². The maximum Gasteiger partial charge on any atom is 0.490 e. The van der Waals surface area contributed by atoms with Crippen LogP contribution in [0.4, 0.5) is 4.39 Å². The zero-order valence-electron chi connectivity index (χ0n) is 16.0. The third kappa shape index (κ3) is 6.48. The minimum absolute atomic E-state index is 0.440. The van der Waals surface area contributed by atoms with E-state index in [-0.39, 0.29) is 0 Å². The molecule has 0 amide bonds. The molecule has 1 aliphatic heterocycles. The largest absolute Gasteiger partial charge is 0.490 e. The van der Waals surface area contributed by atoms with Crippen LogP contribution in [0, 0.1) is 17.1 Å². The molecule has 16 nitrogen and oxygen atoms in total. The molecule has 1 fully saturated rings. The van der Waals surface area contributed by atoms with Crippen LogP contribution in [0.3, 0.4) is 0 Å². The number of terminal acetylenes is 1. The number of alkyl halides is 1. The number of aromatic nitrogens is 2. The number of H-pyrrole nitrogens is 1. The Balaban J connectivity index is 2.30. The van der Waals surface area contributed by atoms with Gasteiger partial charge in [0.15, 0.2) is 11.0 Å².